The van der Waals surface area contributed by atoms with Crippen molar-refractivity contribution in [2.75, 3.05) is 32.7 Å². The van der Waals surface area contributed by atoms with Crippen molar-refractivity contribution in [2.45, 2.75) is 51.9 Å². The van der Waals surface area contributed by atoms with Crippen LogP contribution >= 0.6 is 0 Å². The fourth-order valence-corrected chi connectivity index (χ4v) is 4.20. The third-order valence-electron chi connectivity index (χ3n) is 5.41. The van der Waals surface area contributed by atoms with Crippen LogP contribution in [0.5, 0.6) is 0 Å². The largest absolute Gasteiger partial charge is 0.456 e. The lowest BCUT2D eigenvalue weighted by atomic mass is 9.90. The fraction of sp³-hybridized carbons (Fsp3) is 0.700. The molecule has 0 saturated carbocycles. The molecule has 7 nitrogen and oxygen atoms in total. The first-order chi connectivity index (χ1) is 12.8. The number of hydrogen-bond donors (Lipinski definition) is 1. The molecule has 7 heteroatoms. The molecule has 0 spiro atoms. The van der Waals surface area contributed by atoms with Gasteiger partial charge in [0.15, 0.2) is 11.2 Å². The highest BCUT2D eigenvalue weighted by Gasteiger charge is 2.31. The number of piperidine rings is 1. The van der Waals surface area contributed by atoms with Gasteiger partial charge in [0.1, 0.15) is 5.76 Å². The van der Waals surface area contributed by atoms with Gasteiger partial charge in [-0.2, -0.15) is 0 Å². The van der Waals surface area contributed by atoms with E-state index in [4.69, 9.17) is 9.15 Å². The summed E-state index contributed by atoms with van der Waals surface area (Å²) in [4.78, 5) is 28.2. The second-order valence-electron chi connectivity index (χ2n) is 7.94. The Labute approximate surface area is 159 Å². The molecule has 3 atom stereocenters. The normalized spacial score (nSPS) is 26.1. The molecule has 2 fully saturated rings. The van der Waals surface area contributed by atoms with Gasteiger partial charge < -0.3 is 19.2 Å². The first-order valence-corrected chi connectivity index (χ1v) is 9.78. The highest BCUT2D eigenvalue weighted by atomic mass is 16.5. The monoisotopic (exact) mass is 378 g/mol. The molecule has 2 aliphatic rings. The van der Waals surface area contributed by atoms with Gasteiger partial charge in [-0.1, -0.05) is 0 Å². The van der Waals surface area contributed by atoms with Crippen LogP contribution in [0.1, 0.15) is 43.0 Å². The Bertz CT molecular complexity index is 701. The predicted octanol–water partition coefficient (Wildman–Crippen LogP) is 1.27. The molecule has 150 valence electrons. The molecular weight excluding hydrogens is 348 g/mol. The standard InChI is InChI=1S/C20H30N2O5/c1-13-8-17(23)9-19(27-13)20(25)22-6-4-16(5-7-22)18(24)12-21-10-14(2)26-15(3)11-21/h8-9,14-16,18,24H,4-7,10-12H2,1-3H3/t14-,15+,18?. The van der Waals surface area contributed by atoms with Crippen molar-refractivity contribution in [1.29, 1.82) is 0 Å². The number of carbonyl (C=O) groups excluding carboxylic acids is 1. The number of rotatable bonds is 4. The number of carbonyl (C=O) groups is 1. The zero-order valence-electron chi connectivity index (χ0n) is 16.4. The first-order valence-electron chi connectivity index (χ1n) is 9.78. The van der Waals surface area contributed by atoms with Crippen LogP contribution in [0.2, 0.25) is 0 Å². The quantitative estimate of drug-likeness (QED) is 0.850. The molecule has 1 unspecified atom stereocenters. The summed E-state index contributed by atoms with van der Waals surface area (Å²) in [5.74, 6) is 0.451. The molecule has 1 aromatic rings. The highest BCUT2D eigenvalue weighted by Crippen LogP contribution is 2.23. The maximum atomic E-state index is 12.6. The molecule has 2 saturated heterocycles. The zero-order chi connectivity index (χ0) is 19.6. The van der Waals surface area contributed by atoms with Crippen molar-refractivity contribution >= 4 is 5.91 Å². The summed E-state index contributed by atoms with van der Waals surface area (Å²) in [6.07, 6.45) is 1.46. The van der Waals surface area contributed by atoms with Crippen LogP contribution in [-0.2, 0) is 4.74 Å². The van der Waals surface area contributed by atoms with Crippen LogP contribution in [0.4, 0.5) is 0 Å². The van der Waals surface area contributed by atoms with Crippen LogP contribution < -0.4 is 5.43 Å². The minimum atomic E-state index is -0.406. The number of nitrogens with zero attached hydrogens (tertiary/aromatic N) is 2. The zero-order valence-corrected chi connectivity index (χ0v) is 16.4. The van der Waals surface area contributed by atoms with E-state index in [-0.39, 0.29) is 35.2 Å². The molecule has 1 N–H and O–H groups in total. The van der Waals surface area contributed by atoms with Gasteiger partial charge in [0.25, 0.3) is 5.91 Å². The molecule has 3 rings (SSSR count). The van der Waals surface area contributed by atoms with Gasteiger partial charge >= 0.3 is 0 Å². The Morgan fingerprint density at radius 1 is 1.22 bits per heavy atom. The van der Waals surface area contributed by atoms with Crippen LogP contribution in [0.15, 0.2) is 21.3 Å². The van der Waals surface area contributed by atoms with Gasteiger partial charge in [0.05, 0.1) is 18.3 Å². The minimum absolute atomic E-state index is 0.0929. The number of likely N-dealkylation sites (tertiary alicyclic amines) is 1. The number of aliphatic hydroxyl groups is 1. The lowest BCUT2D eigenvalue weighted by Crippen LogP contribution is -2.50. The number of morpholine rings is 1. The maximum absolute atomic E-state index is 12.6. The Morgan fingerprint density at radius 2 is 1.85 bits per heavy atom. The Balaban J connectivity index is 1.52. The average molecular weight is 378 g/mol. The van der Waals surface area contributed by atoms with Gasteiger partial charge in [0.2, 0.25) is 0 Å². The van der Waals surface area contributed by atoms with E-state index < -0.39 is 6.10 Å². The minimum Gasteiger partial charge on any atom is -0.456 e. The molecule has 27 heavy (non-hydrogen) atoms. The van der Waals surface area contributed by atoms with Gasteiger partial charge in [0, 0.05) is 44.9 Å². The Hall–Kier alpha value is -1.70. The van der Waals surface area contributed by atoms with Crippen molar-refractivity contribution in [1.82, 2.24) is 9.80 Å². The van der Waals surface area contributed by atoms with E-state index in [0.717, 1.165) is 25.9 Å². The van der Waals surface area contributed by atoms with E-state index >= 15 is 0 Å². The third kappa shape index (κ3) is 5.18. The second kappa shape index (κ2) is 8.54. The van der Waals surface area contributed by atoms with E-state index in [2.05, 4.69) is 18.7 Å². The van der Waals surface area contributed by atoms with E-state index in [1.54, 1.807) is 11.8 Å². The lowest BCUT2D eigenvalue weighted by Gasteiger charge is -2.39. The summed E-state index contributed by atoms with van der Waals surface area (Å²) in [5.41, 5.74) is -0.221. The molecule has 0 aliphatic carbocycles. The summed E-state index contributed by atoms with van der Waals surface area (Å²) in [6.45, 7) is 9.22. The summed E-state index contributed by atoms with van der Waals surface area (Å²) >= 11 is 0. The molecule has 0 radical (unpaired) electrons. The molecule has 0 aromatic carbocycles. The average Bonchev–Trinajstić information content (AvgIpc) is 2.59. The van der Waals surface area contributed by atoms with Crippen LogP contribution in [0.3, 0.4) is 0 Å². The summed E-state index contributed by atoms with van der Waals surface area (Å²) in [5, 5.41) is 10.7. The first kappa shape index (κ1) is 20.0. The van der Waals surface area contributed by atoms with Gasteiger partial charge in [-0.05, 0) is 39.5 Å². The van der Waals surface area contributed by atoms with Gasteiger partial charge in [-0.25, -0.2) is 0 Å². The van der Waals surface area contributed by atoms with Crippen LogP contribution in [0, 0.1) is 12.8 Å². The van der Waals surface area contributed by atoms with E-state index in [1.807, 2.05) is 0 Å². The van der Waals surface area contributed by atoms with Crippen molar-refractivity contribution in [2.24, 2.45) is 5.92 Å². The number of amides is 1. The molecule has 3 heterocycles. The van der Waals surface area contributed by atoms with E-state index in [1.165, 1.54) is 12.1 Å². The van der Waals surface area contributed by atoms with Crippen molar-refractivity contribution < 1.29 is 19.1 Å². The van der Waals surface area contributed by atoms with E-state index in [0.29, 0.717) is 25.4 Å². The lowest BCUT2D eigenvalue weighted by molar-refractivity contribution is -0.0820. The SMILES string of the molecule is Cc1cc(=O)cc(C(=O)N2CCC(C(O)CN3C[C@@H](C)O[C@@H](C)C3)CC2)o1. The summed E-state index contributed by atoms with van der Waals surface area (Å²) in [7, 11) is 0. The number of hydrogen-bond acceptors (Lipinski definition) is 6. The number of β-amino-alcohol motifs (C(OH)–C–C–N with tert-alkyl or cyclic N) is 1. The number of ether oxygens (including phenoxy) is 1. The van der Waals surface area contributed by atoms with Crippen LogP contribution in [-0.4, -0.2) is 71.8 Å². The van der Waals surface area contributed by atoms with Crippen molar-refractivity contribution in [3.63, 3.8) is 0 Å². The maximum Gasteiger partial charge on any atom is 0.289 e. The number of aryl methyl sites for hydroxylation is 1. The molecule has 2 aliphatic heterocycles. The molecule has 1 aromatic heterocycles. The summed E-state index contributed by atoms with van der Waals surface area (Å²) < 4.78 is 11.2. The molecular formula is C20H30N2O5. The fourth-order valence-electron chi connectivity index (χ4n) is 4.20. The third-order valence-corrected chi connectivity index (χ3v) is 5.41. The predicted molar refractivity (Wildman–Crippen MR) is 101 cm³/mol. The smallest absolute Gasteiger partial charge is 0.289 e. The van der Waals surface area contributed by atoms with Crippen LogP contribution in [0.25, 0.3) is 0 Å². The van der Waals surface area contributed by atoms with Gasteiger partial charge in [-0.15, -0.1) is 0 Å². The highest BCUT2D eigenvalue weighted by molar-refractivity contribution is 5.91. The van der Waals surface area contributed by atoms with Gasteiger partial charge in [-0.3, -0.25) is 14.5 Å². The Morgan fingerprint density at radius 3 is 2.44 bits per heavy atom. The molecule has 1 amide bonds. The topological polar surface area (TPSA) is 83.2 Å². The number of aliphatic hydroxyl groups excluding tert-OH is 1. The van der Waals surface area contributed by atoms with Crippen molar-refractivity contribution in [3.8, 4) is 0 Å². The second-order valence-corrected chi connectivity index (χ2v) is 7.94. The van der Waals surface area contributed by atoms with E-state index in [9.17, 15) is 14.7 Å². The summed E-state index contributed by atoms with van der Waals surface area (Å²) in [6, 6.07) is 2.61. The Kier molecular flexibility index (Phi) is 6.34. The molecule has 0 bridgehead atoms. The van der Waals surface area contributed by atoms with Crippen molar-refractivity contribution in [3.05, 3.63) is 33.9 Å².